The van der Waals surface area contributed by atoms with E-state index in [1.807, 2.05) is 0 Å². The van der Waals surface area contributed by atoms with Gasteiger partial charge in [-0.15, -0.1) is 11.3 Å². The fourth-order valence-corrected chi connectivity index (χ4v) is 4.54. The molecular weight excluding hydrogens is 336 g/mol. The van der Waals surface area contributed by atoms with Gasteiger partial charge in [0.2, 0.25) is 0 Å². The minimum atomic E-state index is -4.05. The van der Waals surface area contributed by atoms with Gasteiger partial charge in [0.25, 0.3) is 10.0 Å². The van der Waals surface area contributed by atoms with Crippen LogP contribution in [-0.4, -0.2) is 26.0 Å². The van der Waals surface area contributed by atoms with Gasteiger partial charge in [0.15, 0.2) is 11.6 Å². The first-order chi connectivity index (χ1) is 10.3. The van der Waals surface area contributed by atoms with Crippen LogP contribution in [0.15, 0.2) is 34.5 Å². The van der Waals surface area contributed by atoms with Crippen LogP contribution in [-0.2, 0) is 10.0 Å². The average Bonchev–Trinajstić information content (AvgIpc) is 2.94. The highest BCUT2D eigenvalue weighted by Gasteiger charge is 2.27. The zero-order valence-electron chi connectivity index (χ0n) is 11.3. The lowest BCUT2D eigenvalue weighted by Gasteiger charge is -2.22. The number of carboxylic acids is 1. The SMILES string of the molecule is CCN(c1ccc(F)c(F)c1)S(=O)(=O)c1ccc(C(=O)O)s1. The monoisotopic (exact) mass is 347 g/mol. The van der Waals surface area contributed by atoms with Gasteiger partial charge in [-0.3, -0.25) is 4.31 Å². The van der Waals surface area contributed by atoms with Crippen LogP contribution in [0.1, 0.15) is 16.6 Å². The van der Waals surface area contributed by atoms with Crippen molar-refractivity contribution in [2.45, 2.75) is 11.1 Å². The van der Waals surface area contributed by atoms with Crippen molar-refractivity contribution in [1.82, 2.24) is 0 Å². The molecule has 1 aromatic carbocycles. The second kappa shape index (κ2) is 6.01. The van der Waals surface area contributed by atoms with Crippen molar-refractivity contribution in [3.8, 4) is 0 Å². The maximum atomic E-state index is 13.3. The van der Waals surface area contributed by atoms with Gasteiger partial charge in [-0.25, -0.2) is 22.0 Å². The summed E-state index contributed by atoms with van der Waals surface area (Å²) in [6, 6.07) is 5.11. The number of hydrogen-bond donors (Lipinski definition) is 1. The highest BCUT2D eigenvalue weighted by Crippen LogP contribution is 2.29. The molecule has 0 aliphatic heterocycles. The van der Waals surface area contributed by atoms with Gasteiger partial charge in [0, 0.05) is 12.6 Å². The van der Waals surface area contributed by atoms with E-state index in [1.54, 1.807) is 0 Å². The van der Waals surface area contributed by atoms with Gasteiger partial charge in [-0.1, -0.05) is 0 Å². The van der Waals surface area contributed by atoms with E-state index >= 15 is 0 Å². The van der Waals surface area contributed by atoms with Crippen molar-refractivity contribution in [3.05, 3.63) is 46.8 Å². The second-order valence-corrected chi connectivity index (χ2v) is 7.36. The number of benzene rings is 1. The van der Waals surface area contributed by atoms with Crippen LogP contribution < -0.4 is 4.31 Å². The van der Waals surface area contributed by atoms with Crippen molar-refractivity contribution < 1.29 is 27.1 Å². The fraction of sp³-hybridized carbons (Fsp3) is 0.154. The molecule has 0 aliphatic carbocycles. The van der Waals surface area contributed by atoms with Crippen molar-refractivity contribution >= 4 is 33.0 Å². The number of halogens is 2. The Balaban J connectivity index is 2.47. The third-order valence-corrected chi connectivity index (χ3v) is 6.26. The molecule has 0 aliphatic rings. The van der Waals surface area contributed by atoms with E-state index < -0.39 is 27.6 Å². The largest absolute Gasteiger partial charge is 0.477 e. The van der Waals surface area contributed by atoms with E-state index in [-0.39, 0.29) is 21.3 Å². The van der Waals surface area contributed by atoms with Crippen LogP contribution >= 0.6 is 11.3 Å². The van der Waals surface area contributed by atoms with E-state index in [0.717, 1.165) is 22.5 Å². The van der Waals surface area contributed by atoms with Crippen LogP contribution in [0.5, 0.6) is 0 Å². The van der Waals surface area contributed by atoms with E-state index in [0.29, 0.717) is 11.3 Å². The lowest BCUT2D eigenvalue weighted by molar-refractivity contribution is 0.0702. The van der Waals surface area contributed by atoms with Crippen molar-refractivity contribution in [2.75, 3.05) is 10.8 Å². The Kier molecular flexibility index (Phi) is 4.47. The first kappa shape index (κ1) is 16.4. The number of nitrogens with zero attached hydrogens (tertiary/aromatic N) is 1. The predicted octanol–water partition coefficient (Wildman–Crippen LogP) is 2.94. The second-order valence-electron chi connectivity index (χ2n) is 4.19. The normalized spacial score (nSPS) is 11.4. The Labute approximate surface area is 129 Å². The molecule has 0 atom stereocenters. The molecule has 1 heterocycles. The number of aromatic carboxylic acids is 1. The smallest absolute Gasteiger partial charge is 0.345 e. The van der Waals surface area contributed by atoms with E-state index in [9.17, 15) is 22.0 Å². The molecule has 0 saturated heterocycles. The number of carboxylic acid groups (broad SMARTS) is 1. The molecule has 0 amide bonds. The topological polar surface area (TPSA) is 74.7 Å². The van der Waals surface area contributed by atoms with Gasteiger partial charge in [0.05, 0.1) is 5.69 Å². The number of carbonyl (C=O) groups is 1. The molecule has 0 saturated carbocycles. The molecule has 0 fully saturated rings. The summed E-state index contributed by atoms with van der Waals surface area (Å²) in [4.78, 5) is 10.7. The predicted molar refractivity (Wildman–Crippen MR) is 77.8 cm³/mol. The van der Waals surface area contributed by atoms with E-state index in [1.165, 1.54) is 19.1 Å². The molecule has 9 heteroatoms. The van der Waals surface area contributed by atoms with Crippen molar-refractivity contribution in [1.29, 1.82) is 0 Å². The third kappa shape index (κ3) is 2.95. The molecule has 118 valence electrons. The summed E-state index contributed by atoms with van der Waals surface area (Å²) in [6.45, 7) is 1.51. The zero-order chi connectivity index (χ0) is 16.5. The number of rotatable bonds is 5. The van der Waals surface area contributed by atoms with E-state index in [4.69, 9.17) is 5.11 Å². The molecule has 2 aromatic rings. The average molecular weight is 347 g/mol. The van der Waals surface area contributed by atoms with Crippen LogP contribution in [0.4, 0.5) is 14.5 Å². The Morgan fingerprint density at radius 1 is 1.23 bits per heavy atom. The Bertz CT molecular complexity index is 817. The molecule has 1 N–H and O–H groups in total. The summed E-state index contributed by atoms with van der Waals surface area (Å²) >= 11 is 0.597. The Hall–Kier alpha value is -2.00. The lowest BCUT2D eigenvalue weighted by atomic mass is 10.3. The molecule has 0 radical (unpaired) electrons. The molecule has 5 nitrogen and oxygen atoms in total. The number of hydrogen-bond acceptors (Lipinski definition) is 4. The summed E-state index contributed by atoms with van der Waals surface area (Å²) in [7, 11) is -4.05. The van der Waals surface area contributed by atoms with Crippen LogP contribution in [0.2, 0.25) is 0 Å². The molecule has 0 spiro atoms. The fourth-order valence-electron chi connectivity index (χ4n) is 1.81. The summed E-state index contributed by atoms with van der Waals surface area (Å²) in [5.41, 5.74) is -0.0355. The first-order valence-corrected chi connectivity index (χ1v) is 8.34. The minimum absolute atomic E-state index is 0.0201. The van der Waals surface area contributed by atoms with Gasteiger partial charge >= 0.3 is 5.97 Å². The van der Waals surface area contributed by atoms with Gasteiger partial charge in [-0.05, 0) is 31.2 Å². The highest BCUT2D eigenvalue weighted by molar-refractivity contribution is 7.94. The van der Waals surface area contributed by atoms with Crippen molar-refractivity contribution in [2.24, 2.45) is 0 Å². The summed E-state index contributed by atoms with van der Waals surface area (Å²) in [6.07, 6.45) is 0. The number of thiophene rings is 1. The molecule has 22 heavy (non-hydrogen) atoms. The number of anilines is 1. The minimum Gasteiger partial charge on any atom is -0.477 e. The third-order valence-electron chi connectivity index (χ3n) is 2.81. The maximum absolute atomic E-state index is 13.3. The zero-order valence-corrected chi connectivity index (χ0v) is 12.9. The quantitative estimate of drug-likeness (QED) is 0.902. The molecule has 0 unspecified atom stereocenters. The maximum Gasteiger partial charge on any atom is 0.345 e. The van der Waals surface area contributed by atoms with Crippen molar-refractivity contribution in [3.63, 3.8) is 0 Å². The van der Waals surface area contributed by atoms with Gasteiger partial charge in [-0.2, -0.15) is 0 Å². The Morgan fingerprint density at radius 3 is 2.41 bits per heavy atom. The van der Waals surface area contributed by atoms with Crippen LogP contribution in [0, 0.1) is 11.6 Å². The van der Waals surface area contributed by atoms with Gasteiger partial charge < -0.3 is 5.11 Å². The van der Waals surface area contributed by atoms with E-state index in [2.05, 4.69) is 0 Å². The summed E-state index contributed by atoms with van der Waals surface area (Å²) in [5, 5.41) is 8.85. The summed E-state index contributed by atoms with van der Waals surface area (Å²) in [5.74, 6) is -3.48. The number of sulfonamides is 1. The van der Waals surface area contributed by atoms with Crippen LogP contribution in [0.25, 0.3) is 0 Å². The van der Waals surface area contributed by atoms with Gasteiger partial charge in [0.1, 0.15) is 9.09 Å². The lowest BCUT2D eigenvalue weighted by Crippen LogP contribution is -2.30. The first-order valence-electron chi connectivity index (χ1n) is 6.08. The molecular formula is C13H11F2NO4S2. The standard InChI is InChI=1S/C13H11F2NO4S2/c1-2-16(8-3-4-9(14)10(15)7-8)22(19,20)12-6-5-11(21-12)13(17)18/h3-7H,2H2,1H3,(H,17,18). The van der Waals surface area contributed by atoms with Crippen LogP contribution in [0.3, 0.4) is 0 Å². The molecule has 2 rings (SSSR count). The molecule has 0 bridgehead atoms. The highest BCUT2D eigenvalue weighted by atomic mass is 32.2. The Morgan fingerprint density at radius 2 is 1.91 bits per heavy atom. The molecule has 1 aromatic heterocycles. The summed E-state index contributed by atoms with van der Waals surface area (Å²) < 4.78 is 52.0.